The summed E-state index contributed by atoms with van der Waals surface area (Å²) in [5, 5.41) is 0. The van der Waals surface area contributed by atoms with E-state index >= 15 is 0 Å². The molecule has 0 radical (unpaired) electrons. The van der Waals surface area contributed by atoms with Gasteiger partial charge in [0.05, 0.1) is 0 Å². The van der Waals surface area contributed by atoms with E-state index in [-0.39, 0.29) is 0 Å². The molecule has 1 aliphatic rings. The minimum atomic E-state index is 0.611. The van der Waals surface area contributed by atoms with Crippen molar-refractivity contribution in [3.63, 3.8) is 0 Å². The van der Waals surface area contributed by atoms with Gasteiger partial charge in [-0.2, -0.15) is 0 Å². The highest BCUT2D eigenvalue weighted by molar-refractivity contribution is 6.71. The maximum atomic E-state index is 2.40. The van der Waals surface area contributed by atoms with E-state index in [4.69, 9.17) is 0 Å². The summed E-state index contributed by atoms with van der Waals surface area (Å²) in [6, 6.07) is 14.0. The van der Waals surface area contributed by atoms with E-state index in [1.807, 2.05) is 0 Å². The third kappa shape index (κ3) is 2.14. The van der Waals surface area contributed by atoms with Crippen molar-refractivity contribution in [2.24, 2.45) is 0 Å². The molecule has 0 heterocycles. The first-order valence-electron chi connectivity index (χ1n) is 7.32. The zero-order valence-electron chi connectivity index (χ0n) is 12.3. The zero-order chi connectivity index (χ0) is 13.6. The van der Waals surface area contributed by atoms with Gasteiger partial charge in [0.15, 0.2) is 13.4 Å². The summed E-state index contributed by atoms with van der Waals surface area (Å²) in [6.45, 7) is 10.3. The smallest absolute Gasteiger partial charge is 0.0819 e. The molecule has 0 fully saturated rings. The van der Waals surface area contributed by atoms with Crippen molar-refractivity contribution in [2.45, 2.75) is 33.7 Å². The van der Waals surface area contributed by atoms with Crippen molar-refractivity contribution < 1.29 is 0 Å². The van der Waals surface area contributed by atoms with Crippen LogP contribution in [0.25, 0.3) is 11.1 Å². The van der Waals surface area contributed by atoms with Crippen LogP contribution in [0.4, 0.5) is 0 Å². The highest BCUT2D eigenvalue weighted by Crippen LogP contribution is 2.35. The van der Waals surface area contributed by atoms with Crippen LogP contribution >= 0.6 is 0 Å². The Kier molecular flexibility index (Phi) is 3.05. The zero-order valence-corrected chi connectivity index (χ0v) is 12.3. The van der Waals surface area contributed by atoms with Crippen molar-refractivity contribution in [3.8, 4) is 11.1 Å². The molecule has 19 heavy (non-hydrogen) atoms. The van der Waals surface area contributed by atoms with Gasteiger partial charge in [-0.1, -0.05) is 74.6 Å². The van der Waals surface area contributed by atoms with Gasteiger partial charge in [0.1, 0.15) is 0 Å². The van der Waals surface area contributed by atoms with Crippen molar-refractivity contribution in [3.05, 3.63) is 47.5 Å². The summed E-state index contributed by atoms with van der Waals surface area (Å²) in [7, 11) is 0. The van der Waals surface area contributed by atoms with Gasteiger partial charge in [0, 0.05) is 0 Å². The van der Waals surface area contributed by atoms with Crippen LogP contribution in [0.5, 0.6) is 0 Å². The predicted octanol–water partition coefficient (Wildman–Crippen LogP) is 3.18. The first-order chi connectivity index (χ1) is 9.06. The largest absolute Gasteiger partial charge is 0.169 e. The number of hydrogen-bond acceptors (Lipinski definition) is 0. The van der Waals surface area contributed by atoms with Gasteiger partial charge < -0.3 is 0 Å². The molecule has 2 aromatic rings. The Bertz CT molecular complexity index is 572. The number of hydrogen-bond donors (Lipinski definition) is 0. The van der Waals surface area contributed by atoms with Gasteiger partial charge >= 0.3 is 0 Å². The van der Waals surface area contributed by atoms with Gasteiger partial charge in [-0.3, -0.25) is 0 Å². The topological polar surface area (TPSA) is 0 Å². The fourth-order valence-corrected chi connectivity index (χ4v) is 2.97. The molecule has 1 aliphatic carbocycles. The number of fused-ring (bicyclic) bond motifs is 3. The highest BCUT2D eigenvalue weighted by Gasteiger charge is 2.20. The molecule has 94 valence electrons. The molecule has 0 saturated carbocycles. The normalized spacial score (nSPS) is 12.0. The summed E-state index contributed by atoms with van der Waals surface area (Å²) in [5.41, 5.74) is 8.79. The molecule has 2 aromatic carbocycles. The van der Waals surface area contributed by atoms with Crippen LogP contribution < -0.4 is 10.9 Å². The van der Waals surface area contributed by atoms with Crippen LogP contribution in [0.2, 0.25) is 27.3 Å². The van der Waals surface area contributed by atoms with E-state index in [9.17, 15) is 0 Å². The van der Waals surface area contributed by atoms with E-state index < -0.39 is 0 Å². The van der Waals surface area contributed by atoms with Gasteiger partial charge in [-0.25, -0.2) is 0 Å². The van der Waals surface area contributed by atoms with E-state index in [1.165, 1.54) is 33.2 Å². The lowest BCUT2D eigenvalue weighted by Gasteiger charge is -2.07. The molecule has 0 amide bonds. The Hall–Kier alpha value is -1.43. The average molecular weight is 246 g/mol. The lowest BCUT2D eigenvalue weighted by atomic mass is 9.49. The molecule has 3 rings (SSSR count). The van der Waals surface area contributed by atoms with Gasteiger partial charge in [0.25, 0.3) is 0 Å². The van der Waals surface area contributed by atoms with Crippen LogP contribution in [0.1, 0.15) is 11.1 Å². The maximum Gasteiger partial charge on any atom is 0.169 e. The maximum absolute atomic E-state index is 2.40. The third-order valence-corrected chi connectivity index (χ3v) is 4.26. The standard InChI is InChI=1S/C17H20B2/c1-18(2)14-5-7-16-12(10-14)9-13-11-15(19(3)4)6-8-17(13)16/h5-8,10-11H,9H2,1-4H3. The molecule has 0 bridgehead atoms. The fourth-order valence-electron chi connectivity index (χ4n) is 2.97. The molecule has 0 aliphatic heterocycles. The van der Waals surface area contributed by atoms with Gasteiger partial charge in [0.2, 0.25) is 0 Å². The predicted molar refractivity (Wildman–Crippen MR) is 88.9 cm³/mol. The lowest BCUT2D eigenvalue weighted by molar-refractivity contribution is 1.27. The first-order valence-corrected chi connectivity index (χ1v) is 7.32. The Morgan fingerprint density at radius 2 is 1.11 bits per heavy atom. The average Bonchev–Trinajstić information content (AvgIpc) is 2.74. The third-order valence-electron chi connectivity index (χ3n) is 4.26. The lowest BCUT2D eigenvalue weighted by Crippen LogP contribution is -2.22. The molecule has 0 atom stereocenters. The summed E-state index contributed by atoms with van der Waals surface area (Å²) in [6.07, 6.45) is 1.10. The highest BCUT2D eigenvalue weighted by atomic mass is 14.2. The van der Waals surface area contributed by atoms with E-state index in [0.717, 1.165) is 6.42 Å². The van der Waals surface area contributed by atoms with Crippen LogP contribution in [0, 0.1) is 0 Å². The van der Waals surface area contributed by atoms with E-state index in [1.54, 1.807) is 0 Å². The molecule has 0 spiro atoms. The van der Waals surface area contributed by atoms with Crippen LogP contribution in [0.15, 0.2) is 36.4 Å². The van der Waals surface area contributed by atoms with Crippen molar-refractivity contribution in [2.75, 3.05) is 0 Å². The molecule has 0 N–H and O–H groups in total. The summed E-state index contributed by atoms with van der Waals surface area (Å²) >= 11 is 0. The molecular formula is C17H20B2. The quantitative estimate of drug-likeness (QED) is 0.609. The first kappa shape index (κ1) is 12.6. The molecular weight excluding hydrogens is 226 g/mol. The number of rotatable bonds is 2. The van der Waals surface area contributed by atoms with Gasteiger partial charge in [-0.05, 0) is 28.7 Å². The van der Waals surface area contributed by atoms with Crippen molar-refractivity contribution >= 4 is 24.4 Å². The fraction of sp³-hybridized carbons (Fsp3) is 0.294. The second-order valence-corrected chi connectivity index (χ2v) is 6.32. The molecule has 0 nitrogen and oxygen atoms in total. The molecule has 0 unspecified atom stereocenters. The molecule has 0 saturated heterocycles. The van der Waals surface area contributed by atoms with Crippen molar-refractivity contribution in [1.82, 2.24) is 0 Å². The Labute approximate surface area is 117 Å². The molecule has 0 aromatic heterocycles. The van der Waals surface area contributed by atoms with Crippen LogP contribution in [0.3, 0.4) is 0 Å². The minimum absolute atomic E-state index is 0.611. The van der Waals surface area contributed by atoms with Crippen LogP contribution in [-0.4, -0.2) is 13.4 Å². The molecule has 2 heteroatoms. The van der Waals surface area contributed by atoms with Gasteiger partial charge in [-0.15, -0.1) is 0 Å². The summed E-state index contributed by atoms with van der Waals surface area (Å²) < 4.78 is 0. The second-order valence-electron chi connectivity index (χ2n) is 6.32. The Morgan fingerprint density at radius 1 is 0.684 bits per heavy atom. The second kappa shape index (κ2) is 4.59. The minimum Gasteiger partial charge on any atom is -0.0819 e. The Balaban J connectivity index is 2.05. The van der Waals surface area contributed by atoms with E-state index in [0.29, 0.717) is 13.4 Å². The monoisotopic (exact) mass is 246 g/mol. The SMILES string of the molecule is CB(C)c1ccc2c(c1)Cc1cc(B(C)C)ccc1-2. The van der Waals surface area contributed by atoms with Crippen LogP contribution in [-0.2, 0) is 6.42 Å². The van der Waals surface area contributed by atoms with Crippen molar-refractivity contribution in [1.29, 1.82) is 0 Å². The number of benzene rings is 2. The summed E-state index contributed by atoms with van der Waals surface area (Å²) in [5.74, 6) is 0. The van der Waals surface area contributed by atoms with E-state index in [2.05, 4.69) is 63.7 Å². The summed E-state index contributed by atoms with van der Waals surface area (Å²) in [4.78, 5) is 0. The Morgan fingerprint density at radius 3 is 1.47 bits per heavy atom.